The van der Waals surface area contributed by atoms with Gasteiger partial charge in [0.05, 0.1) is 79.3 Å². The smallest absolute Gasteiger partial charge is 0.123 e. The van der Waals surface area contributed by atoms with Crippen LogP contribution in [0.2, 0.25) is 0 Å². The highest BCUT2D eigenvalue weighted by Gasteiger charge is 2.25. The third-order valence-electron chi connectivity index (χ3n) is 13.3. The fourth-order valence-corrected chi connectivity index (χ4v) is 10.2. The van der Waals surface area contributed by atoms with Crippen molar-refractivity contribution < 1.29 is 56.8 Å². The third-order valence-corrected chi connectivity index (χ3v) is 13.3. The molecule has 0 aromatic heterocycles. The van der Waals surface area contributed by atoms with Crippen LogP contribution in [-0.4, -0.2) is 79.3 Å². The summed E-state index contributed by atoms with van der Waals surface area (Å²) in [5, 5.41) is 0. The molecule has 420 valence electrons. The van der Waals surface area contributed by atoms with E-state index in [0.717, 1.165) is 136 Å². The predicted molar refractivity (Wildman–Crippen MR) is 310 cm³/mol. The molecule has 0 radical (unpaired) electrons. The molecule has 0 heterocycles. The van der Waals surface area contributed by atoms with E-state index in [-0.39, 0.29) is 0 Å². The molecule has 0 saturated heterocycles. The maximum atomic E-state index is 6.50. The maximum absolute atomic E-state index is 6.50. The van der Waals surface area contributed by atoms with Crippen LogP contribution < -0.4 is 56.8 Å². The second kappa shape index (κ2) is 29.1. The van der Waals surface area contributed by atoms with Gasteiger partial charge in [-0.1, -0.05) is 0 Å². The Morgan fingerprint density at radius 2 is 0.244 bits per heavy atom. The summed E-state index contributed by atoms with van der Waals surface area (Å²) in [6.45, 7) is 29.8. The molecule has 12 nitrogen and oxygen atoms in total. The minimum absolute atomic E-state index is 0.476. The summed E-state index contributed by atoms with van der Waals surface area (Å²) in [5.74, 6) is 9.17. The molecule has 12 bridgehead atoms. The van der Waals surface area contributed by atoms with Crippen molar-refractivity contribution in [3.8, 4) is 69.0 Å². The minimum atomic E-state index is 0.476. The fourth-order valence-electron chi connectivity index (χ4n) is 10.2. The first-order chi connectivity index (χ1) is 38.1. The molecule has 6 aromatic rings. The number of benzene rings is 6. The molecule has 0 spiro atoms. The van der Waals surface area contributed by atoms with Gasteiger partial charge in [-0.05, 0) is 156 Å². The second-order valence-electron chi connectivity index (χ2n) is 18.7. The van der Waals surface area contributed by atoms with Crippen LogP contribution in [0.15, 0.2) is 72.8 Å². The lowest BCUT2D eigenvalue weighted by molar-refractivity contribution is 0.319. The molecular formula is C66H84O12. The lowest BCUT2D eigenvalue weighted by Gasteiger charge is -2.23. The molecule has 16 aliphatic carbocycles. The topological polar surface area (TPSA) is 111 Å². The summed E-state index contributed by atoms with van der Waals surface area (Å²) >= 11 is 0. The van der Waals surface area contributed by atoms with E-state index in [2.05, 4.69) is 72.8 Å². The van der Waals surface area contributed by atoms with Crippen molar-refractivity contribution in [3.63, 3.8) is 0 Å². The van der Waals surface area contributed by atoms with Crippen molar-refractivity contribution in [3.05, 3.63) is 140 Å². The van der Waals surface area contributed by atoms with Crippen LogP contribution in [0.5, 0.6) is 69.0 Å². The number of hydrogen-bond donors (Lipinski definition) is 0. The predicted octanol–water partition coefficient (Wildman–Crippen LogP) is 14.3. The lowest BCUT2D eigenvalue weighted by Crippen LogP contribution is -2.09. The van der Waals surface area contributed by atoms with Crippen LogP contribution >= 0.6 is 0 Å². The van der Waals surface area contributed by atoms with E-state index in [1.54, 1.807) is 0 Å². The Hall–Kier alpha value is -7.08. The first-order valence-corrected chi connectivity index (χ1v) is 28.6. The highest BCUT2D eigenvalue weighted by Crippen LogP contribution is 2.44. The first kappa shape index (κ1) is 58.6. The summed E-state index contributed by atoms with van der Waals surface area (Å²) in [6, 6.07) is 25.4. The van der Waals surface area contributed by atoms with Crippen molar-refractivity contribution in [1.82, 2.24) is 0 Å². The van der Waals surface area contributed by atoms with E-state index < -0.39 is 0 Å². The normalized spacial score (nSPS) is 12.2. The highest BCUT2D eigenvalue weighted by atomic mass is 16.5. The zero-order valence-electron chi connectivity index (χ0n) is 48.6. The molecule has 0 N–H and O–H groups in total. The van der Waals surface area contributed by atoms with Crippen LogP contribution in [0.3, 0.4) is 0 Å². The second-order valence-corrected chi connectivity index (χ2v) is 18.7. The van der Waals surface area contributed by atoms with Gasteiger partial charge >= 0.3 is 0 Å². The van der Waals surface area contributed by atoms with E-state index in [0.29, 0.717) is 118 Å². The summed E-state index contributed by atoms with van der Waals surface area (Å²) in [7, 11) is 0. The van der Waals surface area contributed by atoms with E-state index in [4.69, 9.17) is 56.8 Å². The quantitative estimate of drug-likeness (QED) is 0.0574. The summed E-state index contributed by atoms with van der Waals surface area (Å²) < 4.78 is 78.0. The van der Waals surface area contributed by atoms with E-state index in [1.807, 2.05) is 83.1 Å². The summed E-state index contributed by atoms with van der Waals surface area (Å²) in [5.41, 5.74) is 11.5. The Bertz CT molecular complexity index is 2230. The Kier molecular flexibility index (Phi) is 21.8. The lowest BCUT2D eigenvalue weighted by atomic mass is 9.92. The van der Waals surface area contributed by atoms with Crippen molar-refractivity contribution >= 4 is 0 Å². The monoisotopic (exact) mass is 1070 g/mol. The van der Waals surface area contributed by atoms with Gasteiger partial charge in [0.2, 0.25) is 0 Å². The summed E-state index contributed by atoms with van der Waals surface area (Å²) in [4.78, 5) is 0. The van der Waals surface area contributed by atoms with Gasteiger partial charge in [-0.3, -0.25) is 0 Å². The van der Waals surface area contributed by atoms with Gasteiger partial charge < -0.3 is 56.8 Å². The third kappa shape index (κ3) is 14.3. The Morgan fingerprint density at radius 3 is 0.308 bits per heavy atom. The van der Waals surface area contributed by atoms with Gasteiger partial charge in [0.15, 0.2) is 0 Å². The first-order valence-electron chi connectivity index (χ1n) is 28.6. The molecule has 6 aromatic carbocycles. The molecule has 12 heteroatoms. The molecule has 16 aliphatic rings. The molecule has 0 fully saturated rings. The van der Waals surface area contributed by atoms with Gasteiger partial charge in [-0.25, -0.2) is 0 Å². The fraction of sp³-hybridized carbons (Fsp3) is 0.455. The average molecular weight is 1070 g/mol. The molecule has 0 amide bonds. The van der Waals surface area contributed by atoms with Crippen molar-refractivity contribution in [2.24, 2.45) is 0 Å². The molecule has 0 aliphatic heterocycles. The largest absolute Gasteiger partial charge is 0.494 e. The molecule has 78 heavy (non-hydrogen) atoms. The SMILES string of the molecule is CCOc1cc2c(OCC)cc1Cc1cc(OCC)c(cc1OCC)Cc1cc(OCC)c(cc1OCC)Cc1cc(OCC)c(cc1OCC)Cc1cc(OCC)c(cc1OCC)Cc1cc(OCC)c(cc1OCC)C2. The van der Waals surface area contributed by atoms with Crippen LogP contribution in [0, 0.1) is 0 Å². The van der Waals surface area contributed by atoms with Gasteiger partial charge in [-0.15, -0.1) is 0 Å². The van der Waals surface area contributed by atoms with E-state index in [9.17, 15) is 0 Å². The number of ether oxygens (including phenoxy) is 12. The molecular weight excluding hydrogens is 985 g/mol. The van der Waals surface area contributed by atoms with Gasteiger partial charge in [0, 0.05) is 105 Å². The van der Waals surface area contributed by atoms with Gasteiger partial charge in [0.25, 0.3) is 0 Å². The van der Waals surface area contributed by atoms with Gasteiger partial charge in [-0.2, -0.15) is 0 Å². The molecule has 0 atom stereocenters. The molecule has 0 unspecified atom stereocenters. The van der Waals surface area contributed by atoms with Crippen LogP contribution in [0.1, 0.15) is 150 Å². The molecule has 22 rings (SSSR count). The van der Waals surface area contributed by atoms with Crippen LogP contribution in [-0.2, 0) is 38.5 Å². The van der Waals surface area contributed by atoms with Crippen molar-refractivity contribution in [2.75, 3.05) is 79.3 Å². The van der Waals surface area contributed by atoms with Crippen LogP contribution in [0.4, 0.5) is 0 Å². The average Bonchev–Trinajstić information content (AvgIpc) is 3.48. The van der Waals surface area contributed by atoms with E-state index in [1.165, 1.54) is 0 Å². The zero-order valence-corrected chi connectivity index (χ0v) is 48.6. The standard InChI is InChI=1S/C66H84O12/c1-13-67-55-31-44-26-46-34-60(72-18-6)48(36-59(46)71-17-5)28-50-38-64(76-22-10)52(40-63(50)75-21-9)30-54-42-65(77-23-11)53(41-66(54)78-24-12)29-51-39-61(73-19-7)49(37-62(51)74-20-8)27-47-35-57(69-15-3)45(33-58(47)70-16-4)25-43(55)32-56(44)68-14-2/h31-42H,13-30H2,1-12H3. The minimum Gasteiger partial charge on any atom is -0.494 e. The van der Waals surface area contributed by atoms with E-state index >= 15 is 0 Å². The highest BCUT2D eigenvalue weighted by molar-refractivity contribution is 5.60. The zero-order chi connectivity index (χ0) is 55.6. The van der Waals surface area contributed by atoms with Crippen molar-refractivity contribution in [1.29, 1.82) is 0 Å². The maximum Gasteiger partial charge on any atom is 0.123 e. The summed E-state index contributed by atoms with van der Waals surface area (Å²) in [6.07, 6.45) is 2.99. The van der Waals surface area contributed by atoms with Crippen molar-refractivity contribution in [2.45, 2.75) is 122 Å². The molecule has 0 saturated carbocycles. The van der Waals surface area contributed by atoms with Crippen LogP contribution in [0.25, 0.3) is 0 Å². The number of hydrogen-bond acceptors (Lipinski definition) is 12. The van der Waals surface area contributed by atoms with Gasteiger partial charge in [0.1, 0.15) is 69.0 Å². The number of rotatable bonds is 24. The Balaban J connectivity index is 1.51. The Labute approximate surface area is 464 Å². The Morgan fingerprint density at radius 1 is 0.167 bits per heavy atom.